The van der Waals surface area contributed by atoms with Crippen molar-refractivity contribution < 1.29 is 19.1 Å². The average Bonchev–Trinajstić information content (AvgIpc) is 2.62. The van der Waals surface area contributed by atoms with Crippen LogP contribution in [0.15, 0.2) is 18.2 Å². The number of rotatable bonds is 3. The van der Waals surface area contributed by atoms with Gasteiger partial charge in [0.05, 0.1) is 12.2 Å². The van der Waals surface area contributed by atoms with E-state index in [-0.39, 0.29) is 18.4 Å². The van der Waals surface area contributed by atoms with E-state index in [0.29, 0.717) is 55.6 Å². The Balaban J connectivity index is 2.04. The van der Waals surface area contributed by atoms with Crippen molar-refractivity contribution in [1.29, 1.82) is 0 Å². The second-order valence-electron chi connectivity index (χ2n) is 5.82. The van der Waals surface area contributed by atoms with Crippen molar-refractivity contribution in [3.8, 4) is 5.75 Å². The highest BCUT2D eigenvalue weighted by Gasteiger charge is 2.16. The molecule has 7 heteroatoms. The summed E-state index contributed by atoms with van der Waals surface area (Å²) in [7, 11) is 0. The molecule has 0 spiro atoms. The Hall–Kier alpha value is -1.79. The highest BCUT2D eigenvalue weighted by Crippen LogP contribution is 2.23. The van der Waals surface area contributed by atoms with Crippen LogP contribution in [0, 0.1) is 0 Å². The Labute approximate surface area is 153 Å². The molecule has 2 rings (SSSR count). The molecule has 0 aliphatic carbocycles. The molecule has 1 aromatic rings. The van der Waals surface area contributed by atoms with Crippen LogP contribution in [0.1, 0.15) is 36.5 Å². The number of halogens is 1. The van der Waals surface area contributed by atoms with Gasteiger partial charge in [0.2, 0.25) is 5.91 Å². The number of carbonyl (C=O) groups is 2. The number of ether oxygens (including phenoxy) is 2. The number of amides is 2. The first-order valence-electron chi connectivity index (χ1n) is 8.68. The molecule has 0 radical (unpaired) electrons. The van der Waals surface area contributed by atoms with E-state index in [0.717, 1.165) is 12.8 Å². The monoisotopic (exact) mass is 368 g/mol. The van der Waals surface area contributed by atoms with Gasteiger partial charge in [-0.2, -0.15) is 0 Å². The number of hydrogen-bond donors (Lipinski definition) is 1. The molecule has 138 valence electrons. The molecule has 1 aromatic carbocycles. The largest absolute Gasteiger partial charge is 0.493 e. The van der Waals surface area contributed by atoms with Gasteiger partial charge in [-0.25, -0.2) is 0 Å². The van der Waals surface area contributed by atoms with Crippen LogP contribution in [0.3, 0.4) is 0 Å². The smallest absolute Gasteiger partial charge is 0.255 e. The third-order valence-electron chi connectivity index (χ3n) is 3.94. The van der Waals surface area contributed by atoms with E-state index in [1.807, 2.05) is 11.8 Å². The summed E-state index contributed by atoms with van der Waals surface area (Å²) in [5.41, 5.74) is 0.441. The molecule has 0 saturated heterocycles. The highest BCUT2D eigenvalue weighted by atomic mass is 35.5. The number of benzene rings is 1. The number of nitrogens with one attached hydrogen (secondary N) is 1. The van der Waals surface area contributed by atoms with E-state index < -0.39 is 0 Å². The van der Waals surface area contributed by atoms with E-state index in [1.54, 1.807) is 18.2 Å². The van der Waals surface area contributed by atoms with E-state index in [1.165, 1.54) is 0 Å². The van der Waals surface area contributed by atoms with Crippen molar-refractivity contribution in [3.63, 3.8) is 0 Å². The third kappa shape index (κ3) is 6.21. The summed E-state index contributed by atoms with van der Waals surface area (Å²) < 4.78 is 11.0. The van der Waals surface area contributed by atoms with Crippen molar-refractivity contribution in [2.24, 2.45) is 0 Å². The Bertz CT molecular complexity index is 594. The van der Waals surface area contributed by atoms with Gasteiger partial charge in [0, 0.05) is 31.3 Å². The fourth-order valence-corrected chi connectivity index (χ4v) is 2.78. The molecule has 1 aliphatic rings. The zero-order valence-corrected chi connectivity index (χ0v) is 15.3. The lowest BCUT2D eigenvalue weighted by atomic mass is 10.2. The van der Waals surface area contributed by atoms with Gasteiger partial charge in [0.15, 0.2) is 0 Å². The summed E-state index contributed by atoms with van der Waals surface area (Å²) in [4.78, 5) is 26.3. The number of nitrogens with zero attached hydrogens (tertiary/aromatic N) is 1. The van der Waals surface area contributed by atoms with Gasteiger partial charge in [-0.1, -0.05) is 11.6 Å². The summed E-state index contributed by atoms with van der Waals surface area (Å²) in [5, 5.41) is 3.37. The van der Waals surface area contributed by atoms with Crippen LogP contribution < -0.4 is 10.1 Å². The van der Waals surface area contributed by atoms with Crippen LogP contribution in [0.4, 0.5) is 0 Å². The lowest BCUT2D eigenvalue weighted by Gasteiger charge is -2.22. The van der Waals surface area contributed by atoms with Crippen molar-refractivity contribution in [2.75, 3.05) is 39.5 Å². The molecule has 0 atom stereocenters. The molecule has 1 aliphatic heterocycles. The summed E-state index contributed by atoms with van der Waals surface area (Å²) in [5.74, 6) is 0.308. The predicted molar refractivity (Wildman–Crippen MR) is 96.2 cm³/mol. The lowest BCUT2D eigenvalue weighted by molar-refractivity contribution is -0.136. The molecule has 25 heavy (non-hydrogen) atoms. The van der Waals surface area contributed by atoms with Crippen molar-refractivity contribution in [2.45, 2.75) is 26.2 Å². The van der Waals surface area contributed by atoms with Crippen LogP contribution in [0.2, 0.25) is 5.02 Å². The Morgan fingerprint density at radius 2 is 2.12 bits per heavy atom. The first kappa shape index (κ1) is 19.5. The minimum atomic E-state index is -0.193. The van der Waals surface area contributed by atoms with Crippen LogP contribution in [-0.2, 0) is 9.53 Å². The van der Waals surface area contributed by atoms with Gasteiger partial charge in [-0.05, 0) is 44.4 Å². The molecule has 0 unspecified atom stereocenters. The first-order chi connectivity index (χ1) is 12.1. The number of carbonyl (C=O) groups excluding carboxylic acids is 2. The van der Waals surface area contributed by atoms with E-state index >= 15 is 0 Å². The van der Waals surface area contributed by atoms with Gasteiger partial charge in [0.25, 0.3) is 5.91 Å². The normalized spacial score (nSPS) is 16.6. The summed E-state index contributed by atoms with van der Waals surface area (Å²) in [6.07, 6.45) is 2.30. The van der Waals surface area contributed by atoms with Gasteiger partial charge < -0.3 is 19.7 Å². The van der Waals surface area contributed by atoms with E-state index in [2.05, 4.69) is 5.32 Å². The van der Waals surface area contributed by atoms with Crippen molar-refractivity contribution in [3.05, 3.63) is 28.8 Å². The first-order valence-corrected chi connectivity index (χ1v) is 9.05. The topological polar surface area (TPSA) is 67.9 Å². The zero-order chi connectivity index (χ0) is 18.1. The van der Waals surface area contributed by atoms with Crippen LogP contribution >= 0.6 is 11.6 Å². The van der Waals surface area contributed by atoms with Gasteiger partial charge in [-0.3, -0.25) is 9.59 Å². The molecule has 6 nitrogen and oxygen atoms in total. The maximum absolute atomic E-state index is 12.3. The molecule has 0 aromatic heterocycles. The Morgan fingerprint density at radius 3 is 2.92 bits per heavy atom. The second-order valence-corrected chi connectivity index (χ2v) is 6.26. The zero-order valence-electron chi connectivity index (χ0n) is 14.6. The molecule has 1 N–H and O–H groups in total. The second kappa shape index (κ2) is 10.3. The summed E-state index contributed by atoms with van der Waals surface area (Å²) >= 11 is 6.00. The quantitative estimate of drug-likeness (QED) is 0.890. The maximum atomic E-state index is 12.3. The van der Waals surface area contributed by atoms with Crippen LogP contribution in [-0.4, -0.2) is 56.2 Å². The minimum absolute atomic E-state index is 0.00654. The molecular formula is C18H25ClN2O4. The molecule has 0 saturated carbocycles. The fraction of sp³-hybridized carbons (Fsp3) is 0.556. The highest BCUT2D eigenvalue weighted by molar-refractivity contribution is 6.31. The van der Waals surface area contributed by atoms with E-state index in [9.17, 15) is 9.59 Å². The fourth-order valence-electron chi connectivity index (χ4n) is 2.61. The standard InChI is InChI=1S/C18H25ClN2O4/c1-2-24-13-17(22)21-9-4-3-8-20-18(23)15-12-14(19)6-7-16(15)25-11-5-10-21/h6-7,12H,2-5,8-11,13H2,1H3,(H,20,23). The van der Waals surface area contributed by atoms with Crippen LogP contribution in [0.5, 0.6) is 5.75 Å². The molecule has 1 heterocycles. The van der Waals surface area contributed by atoms with Crippen LogP contribution in [0.25, 0.3) is 0 Å². The molecule has 2 amide bonds. The Kier molecular flexibility index (Phi) is 8.01. The van der Waals surface area contributed by atoms with Crippen molar-refractivity contribution in [1.82, 2.24) is 10.2 Å². The molecular weight excluding hydrogens is 344 g/mol. The number of hydrogen-bond acceptors (Lipinski definition) is 4. The van der Waals surface area contributed by atoms with Gasteiger partial charge >= 0.3 is 0 Å². The van der Waals surface area contributed by atoms with Gasteiger partial charge in [0.1, 0.15) is 12.4 Å². The Morgan fingerprint density at radius 1 is 1.32 bits per heavy atom. The maximum Gasteiger partial charge on any atom is 0.255 e. The summed E-state index contributed by atoms with van der Waals surface area (Å²) in [6.45, 7) is 4.71. The SMILES string of the molecule is CCOCC(=O)N1CCCCNC(=O)c2cc(Cl)ccc2OCCC1. The van der Waals surface area contributed by atoms with E-state index in [4.69, 9.17) is 21.1 Å². The average molecular weight is 369 g/mol. The van der Waals surface area contributed by atoms with Crippen molar-refractivity contribution >= 4 is 23.4 Å². The summed E-state index contributed by atoms with van der Waals surface area (Å²) in [6, 6.07) is 5.02. The third-order valence-corrected chi connectivity index (χ3v) is 4.17. The predicted octanol–water partition coefficient (Wildman–Crippen LogP) is 2.50. The molecule has 0 fully saturated rings. The minimum Gasteiger partial charge on any atom is -0.493 e. The number of fused-ring (bicyclic) bond motifs is 1. The lowest BCUT2D eigenvalue weighted by Crippen LogP contribution is -2.36. The van der Waals surface area contributed by atoms with Gasteiger partial charge in [-0.15, -0.1) is 0 Å². The molecule has 0 bridgehead atoms.